The lowest BCUT2D eigenvalue weighted by Crippen LogP contribution is -2.46. The quantitative estimate of drug-likeness (QED) is 0.892. The van der Waals surface area contributed by atoms with Gasteiger partial charge in [-0.05, 0) is 30.3 Å². The molecule has 0 spiro atoms. The second-order valence-corrected chi connectivity index (χ2v) is 6.97. The summed E-state index contributed by atoms with van der Waals surface area (Å²) in [5, 5.41) is 4.08. The number of aromatic nitrogens is 1. The van der Waals surface area contributed by atoms with Crippen LogP contribution in [0.3, 0.4) is 0 Å². The minimum absolute atomic E-state index is 0.0122. The van der Waals surface area contributed by atoms with Crippen LogP contribution in [0.4, 0.5) is 0 Å². The van der Waals surface area contributed by atoms with E-state index in [0.29, 0.717) is 5.69 Å². The van der Waals surface area contributed by atoms with Gasteiger partial charge in [-0.3, -0.25) is 4.79 Å². The highest BCUT2D eigenvalue weighted by Gasteiger charge is 2.19. The number of halogens is 1. The summed E-state index contributed by atoms with van der Waals surface area (Å²) < 4.78 is 1.03. The van der Waals surface area contributed by atoms with Crippen LogP contribution in [0.25, 0.3) is 0 Å². The van der Waals surface area contributed by atoms with Gasteiger partial charge in [-0.1, -0.05) is 39.8 Å². The molecule has 1 aliphatic rings. The van der Waals surface area contributed by atoms with Gasteiger partial charge < -0.3 is 10.2 Å². The van der Waals surface area contributed by atoms with Crippen LogP contribution in [-0.2, 0) is 0 Å². The van der Waals surface area contributed by atoms with Crippen LogP contribution in [0.5, 0.6) is 0 Å². The summed E-state index contributed by atoms with van der Waals surface area (Å²) in [4.78, 5) is 19.9. The molecule has 0 radical (unpaired) electrons. The van der Waals surface area contributed by atoms with Gasteiger partial charge in [0.2, 0.25) is 0 Å². The average molecular weight is 378 g/mol. The standard InChI is InChI=1S/C16H16BrN3OS/c17-12-3-1-4-13(11-12)22-15-6-2-5-14(19-15)16(21)20-9-7-18-8-10-20/h1-6,11,18H,7-10H2. The lowest BCUT2D eigenvalue weighted by Gasteiger charge is -2.27. The van der Waals surface area contributed by atoms with Crippen LogP contribution < -0.4 is 5.32 Å². The van der Waals surface area contributed by atoms with Crippen LogP contribution in [0.2, 0.25) is 0 Å². The first kappa shape index (κ1) is 15.5. The van der Waals surface area contributed by atoms with Gasteiger partial charge in [-0.25, -0.2) is 4.98 Å². The highest BCUT2D eigenvalue weighted by molar-refractivity contribution is 9.10. The fourth-order valence-corrected chi connectivity index (χ4v) is 3.69. The first-order valence-corrected chi connectivity index (χ1v) is 8.74. The summed E-state index contributed by atoms with van der Waals surface area (Å²) in [6.07, 6.45) is 0. The molecule has 1 saturated heterocycles. The van der Waals surface area contributed by atoms with Crippen LogP contribution in [-0.4, -0.2) is 42.0 Å². The summed E-state index contributed by atoms with van der Waals surface area (Å²) in [6, 6.07) is 13.7. The Morgan fingerprint density at radius 2 is 1.95 bits per heavy atom. The van der Waals surface area contributed by atoms with E-state index < -0.39 is 0 Å². The Hall–Kier alpha value is -1.37. The average Bonchev–Trinajstić information content (AvgIpc) is 2.55. The predicted molar refractivity (Wildman–Crippen MR) is 91.3 cm³/mol. The van der Waals surface area contributed by atoms with Crippen molar-refractivity contribution < 1.29 is 4.79 Å². The molecule has 114 valence electrons. The van der Waals surface area contributed by atoms with E-state index in [0.717, 1.165) is 40.6 Å². The molecule has 1 aliphatic heterocycles. The molecular formula is C16H16BrN3OS. The number of piperazine rings is 1. The van der Waals surface area contributed by atoms with E-state index in [9.17, 15) is 4.79 Å². The van der Waals surface area contributed by atoms with Gasteiger partial charge >= 0.3 is 0 Å². The first-order valence-electron chi connectivity index (χ1n) is 7.13. The molecule has 0 bridgehead atoms. The molecule has 1 aromatic carbocycles. The Balaban J connectivity index is 1.75. The van der Waals surface area contributed by atoms with Gasteiger partial charge in [0, 0.05) is 35.5 Å². The van der Waals surface area contributed by atoms with Crippen molar-refractivity contribution in [2.45, 2.75) is 9.92 Å². The molecule has 2 heterocycles. The molecule has 22 heavy (non-hydrogen) atoms. The highest BCUT2D eigenvalue weighted by atomic mass is 79.9. The summed E-state index contributed by atoms with van der Waals surface area (Å²) >= 11 is 5.02. The van der Waals surface area contributed by atoms with Crippen LogP contribution in [0.15, 0.2) is 56.9 Å². The lowest BCUT2D eigenvalue weighted by molar-refractivity contribution is 0.0729. The van der Waals surface area contributed by atoms with Crippen molar-refractivity contribution in [3.63, 3.8) is 0 Å². The normalized spacial score (nSPS) is 14.9. The van der Waals surface area contributed by atoms with Crippen LogP contribution in [0.1, 0.15) is 10.5 Å². The molecule has 3 rings (SSSR count). The van der Waals surface area contributed by atoms with E-state index in [1.54, 1.807) is 17.8 Å². The van der Waals surface area contributed by atoms with E-state index in [1.807, 2.05) is 41.3 Å². The zero-order chi connectivity index (χ0) is 15.4. The SMILES string of the molecule is O=C(c1cccc(Sc2cccc(Br)c2)n1)N1CCNCC1. The first-order chi connectivity index (χ1) is 10.7. The number of carbonyl (C=O) groups is 1. The van der Waals surface area contributed by atoms with Crippen molar-refractivity contribution in [1.82, 2.24) is 15.2 Å². The highest BCUT2D eigenvalue weighted by Crippen LogP contribution is 2.28. The van der Waals surface area contributed by atoms with Crippen molar-refractivity contribution in [3.8, 4) is 0 Å². The van der Waals surface area contributed by atoms with Gasteiger partial charge in [0.15, 0.2) is 0 Å². The number of hydrogen-bond donors (Lipinski definition) is 1. The molecule has 1 aromatic heterocycles. The molecule has 1 fully saturated rings. The maximum absolute atomic E-state index is 12.5. The number of amides is 1. The topological polar surface area (TPSA) is 45.2 Å². The minimum Gasteiger partial charge on any atom is -0.335 e. The van der Waals surface area contributed by atoms with Gasteiger partial charge in [-0.2, -0.15) is 0 Å². The summed E-state index contributed by atoms with van der Waals surface area (Å²) in [6.45, 7) is 3.17. The Morgan fingerprint density at radius 3 is 2.73 bits per heavy atom. The number of nitrogens with zero attached hydrogens (tertiary/aromatic N) is 2. The van der Waals surface area contributed by atoms with Crippen molar-refractivity contribution in [3.05, 3.63) is 52.6 Å². The molecular weight excluding hydrogens is 362 g/mol. The lowest BCUT2D eigenvalue weighted by atomic mass is 10.3. The Kier molecular flexibility index (Phi) is 5.12. The van der Waals surface area contributed by atoms with E-state index in [1.165, 1.54) is 0 Å². The number of nitrogens with one attached hydrogen (secondary N) is 1. The van der Waals surface area contributed by atoms with Crippen LogP contribution >= 0.6 is 27.7 Å². The van der Waals surface area contributed by atoms with Crippen molar-refractivity contribution >= 4 is 33.6 Å². The smallest absolute Gasteiger partial charge is 0.272 e. The maximum Gasteiger partial charge on any atom is 0.272 e. The Labute approximate surface area is 142 Å². The predicted octanol–water partition coefficient (Wildman–Crippen LogP) is 3.04. The van der Waals surface area contributed by atoms with Gasteiger partial charge in [0.1, 0.15) is 10.7 Å². The monoisotopic (exact) mass is 377 g/mol. The fraction of sp³-hybridized carbons (Fsp3) is 0.250. The van der Waals surface area contributed by atoms with Crippen molar-refractivity contribution in [2.24, 2.45) is 0 Å². The van der Waals surface area contributed by atoms with E-state index in [2.05, 4.69) is 26.2 Å². The molecule has 4 nitrogen and oxygen atoms in total. The van der Waals surface area contributed by atoms with Crippen LogP contribution in [0, 0.1) is 0 Å². The second-order valence-electron chi connectivity index (χ2n) is 4.96. The molecule has 0 aliphatic carbocycles. The molecule has 6 heteroatoms. The second kappa shape index (κ2) is 7.26. The van der Waals surface area contributed by atoms with Gasteiger partial charge in [0.25, 0.3) is 5.91 Å². The third kappa shape index (κ3) is 3.88. The Morgan fingerprint density at radius 1 is 1.18 bits per heavy atom. The molecule has 1 amide bonds. The molecule has 0 saturated carbocycles. The third-order valence-electron chi connectivity index (χ3n) is 3.37. The number of rotatable bonds is 3. The summed E-state index contributed by atoms with van der Waals surface area (Å²) in [7, 11) is 0. The van der Waals surface area contributed by atoms with E-state index in [-0.39, 0.29) is 5.91 Å². The molecule has 0 unspecified atom stereocenters. The Bertz CT molecular complexity index is 674. The van der Waals surface area contributed by atoms with E-state index in [4.69, 9.17) is 0 Å². The summed E-state index contributed by atoms with van der Waals surface area (Å²) in [5.74, 6) is 0.0122. The summed E-state index contributed by atoms with van der Waals surface area (Å²) in [5.41, 5.74) is 0.516. The van der Waals surface area contributed by atoms with Gasteiger partial charge in [-0.15, -0.1) is 0 Å². The zero-order valence-corrected chi connectivity index (χ0v) is 14.4. The van der Waals surface area contributed by atoms with Gasteiger partial charge in [0.05, 0.1) is 0 Å². The zero-order valence-electron chi connectivity index (χ0n) is 12.0. The fourth-order valence-electron chi connectivity index (χ4n) is 2.27. The molecule has 1 N–H and O–H groups in total. The largest absolute Gasteiger partial charge is 0.335 e. The number of carbonyl (C=O) groups excluding carboxylic acids is 1. The van der Waals surface area contributed by atoms with Crippen molar-refractivity contribution in [1.29, 1.82) is 0 Å². The number of pyridine rings is 1. The third-order valence-corrected chi connectivity index (χ3v) is 4.78. The maximum atomic E-state index is 12.5. The number of hydrogen-bond acceptors (Lipinski definition) is 4. The molecule has 2 aromatic rings. The minimum atomic E-state index is 0.0122. The van der Waals surface area contributed by atoms with Crippen molar-refractivity contribution in [2.75, 3.05) is 26.2 Å². The number of benzene rings is 1. The van der Waals surface area contributed by atoms with E-state index >= 15 is 0 Å². The molecule has 0 atom stereocenters.